The van der Waals surface area contributed by atoms with Gasteiger partial charge in [0.15, 0.2) is 5.65 Å². The normalized spacial score (nSPS) is 10.9. The van der Waals surface area contributed by atoms with Crippen molar-refractivity contribution < 1.29 is 0 Å². The van der Waals surface area contributed by atoms with Gasteiger partial charge in [0, 0.05) is 23.0 Å². The molecule has 4 rings (SSSR count). The summed E-state index contributed by atoms with van der Waals surface area (Å²) in [6.07, 6.45) is 6.29. The molecule has 0 saturated heterocycles. The van der Waals surface area contributed by atoms with E-state index in [1.54, 1.807) is 6.20 Å². The highest BCUT2D eigenvalue weighted by Crippen LogP contribution is 2.28. The molecule has 5 heteroatoms. The summed E-state index contributed by atoms with van der Waals surface area (Å²) in [5.74, 6) is 0.935. The summed E-state index contributed by atoms with van der Waals surface area (Å²) in [6, 6.07) is 16.1. The maximum absolute atomic E-state index is 4.84. The fraction of sp³-hybridized carbons (Fsp3) is 0.136. The quantitative estimate of drug-likeness (QED) is 0.520. The van der Waals surface area contributed by atoms with E-state index in [2.05, 4.69) is 34.1 Å². The van der Waals surface area contributed by atoms with Crippen molar-refractivity contribution in [2.75, 3.05) is 5.32 Å². The molecule has 0 fully saturated rings. The maximum Gasteiger partial charge on any atom is 0.165 e. The van der Waals surface area contributed by atoms with Gasteiger partial charge in [0.1, 0.15) is 5.82 Å². The first kappa shape index (κ1) is 17.0. The first-order valence-electron chi connectivity index (χ1n) is 8.95. The van der Waals surface area contributed by atoms with E-state index in [-0.39, 0.29) is 0 Å². The minimum atomic E-state index is 0.615. The molecule has 3 heterocycles. The summed E-state index contributed by atoms with van der Waals surface area (Å²) in [5.41, 5.74) is 6.01. The third kappa shape index (κ3) is 3.31. The molecule has 0 radical (unpaired) electrons. The molecule has 0 bridgehead atoms. The van der Waals surface area contributed by atoms with Crippen LogP contribution in [0.3, 0.4) is 0 Å². The molecule has 0 spiro atoms. The van der Waals surface area contributed by atoms with E-state index in [0.29, 0.717) is 6.54 Å². The third-order valence-corrected chi connectivity index (χ3v) is 4.55. The van der Waals surface area contributed by atoms with Crippen LogP contribution in [-0.4, -0.2) is 19.6 Å². The SMILES string of the molecule is C=CCc1c(C)nc2c(-c3ccccc3)cnn2c1NCc1ccccn1. The zero-order valence-corrected chi connectivity index (χ0v) is 15.3. The lowest BCUT2D eigenvalue weighted by molar-refractivity contribution is 0.889. The average molecular weight is 355 g/mol. The van der Waals surface area contributed by atoms with Gasteiger partial charge in [-0.3, -0.25) is 4.98 Å². The summed E-state index contributed by atoms with van der Waals surface area (Å²) in [6.45, 7) is 6.54. The van der Waals surface area contributed by atoms with E-state index in [0.717, 1.165) is 46.0 Å². The van der Waals surface area contributed by atoms with Crippen LogP contribution in [0, 0.1) is 6.92 Å². The van der Waals surface area contributed by atoms with Crippen molar-refractivity contribution in [2.45, 2.75) is 19.9 Å². The highest BCUT2D eigenvalue weighted by molar-refractivity contribution is 5.78. The predicted molar refractivity (Wildman–Crippen MR) is 109 cm³/mol. The molecule has 0 atom stereocenters. The molecule has 0 aliphatic heterocycles. The fourth-order valence-electron chi connectivity index (χ4n) is 3.21. The number of nitrogens with zero attached hydrogens (tertiary/aromatic N) is 4. The molecule has 0 saturated carbocycles. The second-order valence-corrected chi connectivity index (χ2v) is 6.35. The van der Waals surface area contributed by atoms with E-state index in [4.69, 9.17) is 4.98 Å². The summed E-state index contributed by atoms with van der Waals surface area (Å²) in [4.78, 5) is 9.24. The van der Waals surface area contributed by atoms with Crippen LogP contribution in [0.25, 0.3) is 16.8 Å². The van der Waals surface area contributed by atoms with Crippen molar-refractivity contribution in [1.29, 1.82) is 0 Å². The Labute approximate surface area is 158 Å². The molecule has 1 aromatic carbocycles. The Kier molecular flexibility index (Phi) is 4.66. The first-order chi connectivity index (χ1) is 13.3. The standard InChI is InChI=1S/C22H21N5/c1-3-9-19-16(2)26-22-20(17-10-5-4-6-11-17)15-25-27(22)21(19)24-14-18-12-7-8-13-23-18/h3-8,10-13,15,24H,1,9,14H2,2H3. The third-order valence-electron chi connectivity index (χ3n) is 4.55. The number of benzene rings is 1. The first-order valence-corrected chi connectivity index (χ1v) is 8.95. The van der Waals surface area contributed by atoms with Gasteiger partial charge in [-0.15, -0.1) is 6.58 Å². The summed E-state index contributed by atoms with van der Waals surface area (Å²) < 4.78 is 1.89. The van der Waals surface area contributed by atoms with Crippen molar-refractivity contribution in [3.8, 4) is 11.1 Å². The molecule has 27 heavy (non-hydrogen) atoms. The van der Waals surface area contributed by atoms with Gasteiger partial charge in [-0.1, -0.05) is 42.5 Å². The van der Waals surface area contributed by atoms with Crippen LogP contribution in [0.4, 0.5) is 5.82 Å². The van der Waals surface area contributed by atoms with Gasteiger partial charge < -0.3 is 5.32 Å². The Morgan fingerprint density at radius 3 is 2.67 bits per heavy atom. The van der Waals surface area contributed by atoms with Crippen LogP contribution >= 0.6 is 0 Å². The number of rotatable bonds is 6. The molecule has 0 unspecified atom stereocenters. The van der Waals surface area contributed by atoms with Crippen LogP contribution in [0.2, 0.25) is 0 Å². The minimum Gasteiger partial charge on any atom is -0.364 e. The zero-order chi connectivity index (χ0) is 18.6. The van der Waals surface area contributed by atoms with Gasteiger partial charge in [-0.25, -0.2) is 4.98 Å². The van der Waals surface area contributed by atoms with E-state index >= 15 is 0 Å². The lowest BCUT2D eigenvalue weighted by Crippen LogP contribution is -2.12. The number of aryl methyl sites for hydroxylation is 1. The Hall–Kier alpha value is -3.47. The second kappa shape index (κ2) is 7.41. The van der Waals surface area contributed by atoms with Gasteiger partial charge in [-0.05, 0) is 31.0 Å². The van der Waals surface area contributed by atoms with Crippen molar-refractivity contribution in [3.63, 3.8) is 0 Å². The Morgan fingerprint density at radius 1 is 1.11 bits per heavy atom. The van der Waals surface area contributed by atoms with Gasteiger partial charge in [-0.2, -0.15) is 9.61 Å². The lowest BCUT2D eigenvalue weighted by atomic mass is 10.1. The number of pyridine rings is 1. The van der Waals surface area contributed by atoms with Gasteiger partial charge in [0.2, 0.25) is 0 Å². The predicted octanol–water partition coefficient (Wildman–Crippen LogP) is 4.44. The zero-order valence-electron chi connectivity index (χ0n) is 15.3. The molecular formula is C22H21N5. The summed E-state index contributed by atoms with van der Waals surface area (Å²) >= 11 is 0. The van der Waals surface area contributed by atoms with Crippen LogP contribution in [0.15, 0.2) is 73.6 Å². The number of anilines is 1. The molecule has 0 aliphatic carbocycles. The van der Waals surface area contributed by atoms with Crippen molar-refractivity contribution in [1.82, 2.24) is 19.6 Å². The topological polar surface area (TPSA) is 55.1 Å². The largest absolute Gasteiger partial charge is 0.364 e. The number of allylic oxidation sites excluding steroid dienone is 1. The Bertz CT molecular complexity index is 1070. The van der Waals surface area contributed by atoms with Gasteiger partial charge in [0.25, 0.3) is 0 Å². The summed E-state index contributed by atoms with van der Waals surface area (Å²) in [5, 5.41) is 8.14. The fourth-order valence-corrected chi connectivity index (χ4v) is 3.21. The number of hydrogen-bond acceptors (Lipinski definition) is 4. The van der Waals surface area contributed by atoms with Crippen molar-refractivity contribution in [2.24, 2.45) is 0 Å². The molecule has 0 aliphatic rings. The van der Waals surface area contributed by atoms with E-state index in [1.807, 2.05) is 60.1 Å². The molecule has 3 aromatic heterocycles. The van der Waals surface area contributed by atoms with Crippen LogP contribution < -0.4 is 5.32 Å². The number of hydrogen-bond donors (Lipinski definition) is 1. The monoisotopic (exact) mass is 355 g/mol. The van der Waals surface area contributed by atoms with Crippen molar-refractivity contribution in [3.05, 3.63) is 90.5 Å². The molecule has 1 N–H and O–H groups in total. The van der Waals surface area contributed by atoms with Crippen molar-refractivity contribution >= 4 is 11.5 Å². The molecule has 134 valence electrons. The lowest BCUT2D eigenvalue weighted by Gasteiger charge is -2.15. The highest BCUT2D eigenvalue weighted by Gasteiger charge is 2.16. The smallest absolute Gasteiger partial charge is 0.165 e. The van der Waals surface area contributed by atoms with Crippen LogP contribution in [0.1, 0.15) is 17.0 Å². The average Bonchev–Trinajstić information content (AvgIpc) is 3.13. The van der Waals surface area contributed by atoms with Gasteiger partial charge in [0.05, 0.1) is 18.4 Å². The maximum atomic E-state index is 4.84. The minimum absolute atomic E-state index is 0.615. The molecular weight excluding hydrogens is 334 g/mol. The van der Waals surface area contributed by atoms with Crippen LogP contribution in [-0.2, 0) is 13.0 Å². The molecule has 5 nitrogen and oxygen atoms in total. The highest BCUT2D eigenvalue weighted by atomic mass is 15.3. The number of fused-ring (bicyclic) bond motifs is 1. The van der Waals surface area contributed by atoms with E-state index in [1.165, 1.54) is 0 Å². The number of nitrogens with one attached hydrogen (secondary N) is 1. The Balaban J connectivity index is 1.82. The van der Waals surface area contributed by atoms with Gasteiger partial charge >= 0.3 is 0 Å². The molecule has 0 amide bonds. The van der Waals surface area contributed by atoms with Crippen LogP contribution in [0.5, 0.6) is 0 Å². The van der Waals surface area contributed by atoms with E-state index < -0.39 is 0 Å². The molecule has 4 aromatic rings. The summed E-state index contributed by atoms with van der Waals surface area (Å²) in [7, 11) is 0. The number of aromatic nitrogens is 4. The van der Waals surface area contributed by atoms with E-state index in [9.17, 15) is 0 Å². The Morgan fingerprint density at radius 2 is 1.93 bits per heavy atom. The second-order valence-electron chi connectivity index (χ2n) is 6.35.